The van der Waals surface area contributed by atoms with Crippen LogP contribution in [0.3, 0.4) is 0 Å². The molecule has 1 saturated heterocycles. The van der Waals surface area contributed by atoms with Crippen molar-refractivity contribution in [1.29, 1.82) is 0 Å². The fourth-order valence-corrected chi connectivity index (χ4v) is 6.09. The van der Waals surface area contributed by atoms with Gasteiger partial charge >= 0.3 is 5.97 Å². The molecular weight excluding hydrogens is 460 g/mol. The second-order valence-electron chi connectivity index (χ2n) is 10.6. The second-order valence-corrected chi connectivity index (χ2v) is 10.6. The quantitative estimate of drug-likeness (QED) is 0.560. The van der Waals surface area contributed by atoms with Crippen LogP contribution in [0.25, 0.3) is 0 Å². The van der Waals surface area contributed by atoms with Crippen LogP contribution in [0.15, 0.2) is 35.6 Å². The lowest BCUT2D eigenvalue weighted by molar-refractivity contribution is -0.137. The summed E-state index contributed by atoms with van der Waals surface area (Å²) in [7, 11) is 1.35. The van der Waals surface area contributed by atoms with Gasteiger partial charge in [0, 0.05) is 26.2 Å². The van der Waals surface area contributed by atoms with Crippen LogP contribution in [0.4, 0.5) is 0 Å². The minimum atomic E-state index is -0.507. The zero-order valence-corrected chi connectivity index (χ0v) is 21.4. The standard InChI is InChI=1S/C28H36N2O6/c1-17-15-21-22(16-18(17)2)36-26-23(25(21)31)24(19-5-7-20(8-6-19)28(33)34-3)30(27(26)32)10-4-9-29-11-13-35-14-12-29/h5-8,17-18,21-22,24H,4,9-16H2,1-3H3. The molecule has 0 aromatic heterocycles. The molecule has 2 fully saturated rings. The Morgan fingerprint density at radius 1 is 1.03 bits per heavy atom. The van der Waals surface area contributed by atoms with E-state index in [1.165, 1.54) is 7.11 Å². The molecule has 0 N–H and O–H groups in total. The van der Waals surface area contributed by atoms with Crippen molar-refractivity contribution in [3.8, 4) is 0 Å². The maximum absolute atomic E-state index is 13.9. The summed E-state index contributed by atoms with van der Waals surface area (Å²) >= 11 is 0. The van der Waals surface area contributed by atoms with Gasteiger partial charge in [0.25, 0.3) is 5.91 Å². The van der Waals surface area contributed by atoms with E-state index >= 15 is 0 Å². The molecule has 3 heterocycles. The third-order valence-electron chi connectivity index (χ3n) is 8.43. The third kappa shape index (κ3) is 4.57. The second kappa shape index (κ2) is 10.3. The molecule has 36 heavy (non-hydrogen) atoms. The largest absolute Gasteiger partial charge is 0.483 e. The molecule has 1 amide bonds. The highest BCUT2D eigenvalue weighted by atomic mass is 16.5. The maximum atomic E-state index is 13.9. The Morgan fingerprint density at radius 3 is 2.42 bits per heavy atom. The van der Waals surface area contributed by atoms with Gasteiger partial charge in [-0.2, -0.15) is 0 Å². The number of carbonyl (C=O) groups excluding carboxylic acids is 3. The molecule has 8 nitrogen and oxygen atoms in total. The van der Waals surface area contributed by atoms with Crippen LogP contribution in [0.1, 0.15) is 55.1 Å². The van der Waals surface area contributed by atoms with Crippen molar-refractivity contribution in [2.45, 2.75) is 45.3 Å². The minimum absolute atomic E-state index is 0.0473. The summed E-state index contributed by atoms with van der Waals surface area (Å²) in [6.07, 6.45) is 2.12. The summed E-state index contributed by atoms with van der Waals surface area (Å²) in [6.45, 7) is 9.01. The number of ketones is 1. The summed E-state index contributed by atoms with van der Waals surface area (Å²) in [6, 6.07) is 6.52. The molecule has 5 rings (SSSR count). The van der Waals surface area contributed by atoms with E-state index in [1.807, 2.05) is 12.1 Å². The average Bonchev–Trinajstić information content (AvgIpc) is 3.17. The normalized spacial score (nSPS) is 30.6. The number of nitrogens with zero attached hydrogens (tertiary/aromatic N) is 2. The highest BCUT2D eigenvalue weighted by molar-refractivity contribution is 6.11. The predicted octanol–water partition coefficient (Wildman–Crippen LogP) is 2.98. The van der Waals surface area contributed by atoms with E-state index in [-0.39, 0.29) is 29.5 Å². The zero-order chi connectivity index (χ0) is 25.4. The molecule has 3 aliphatic heterocycles. The van der Waals surface area contributed by atoms with Gasteiger partial charge in [0.2, 0.25) is 0 Å². The molecule has 1 aromatic carbocycles. The first kappa shape index (κ1) is 25.0. The van der Waals surface area contributed by atoms with Gasteiger partial charge in [-0.05, 0) is 48.8 Å². The number of rotatable bonds is 6. The van der Waals surface area contributed by atoms with E-state index in [0.717, 1.165) is 57.7 Å². The molecule has 5 atom stereocenters. The number of amides is 1. The Balaban J connectivity index is 1.43. The van der Waals surface area contributed by atoms with Crippen molar-refractivity contribution in [1.82, 2.24) is 9.80 Å². The Kier molecular flexibility index (Phi) is 7.17. The highest BCUT2D eigenvalue weighted by Gasteiger charge is 2.53. The molecule has 4 aliphatic rings. The van der Waals surface area contributed by atoms with Gasteiger partial charge in [-0.1, -0.05) is 26.0 Å². The van der Waals surface area contributed by atoms with Crippen molar-refractivity contribution in [2.24, 2.45) is 17.8 Å². The fourth-order valence-electron chi connectivity index (χ4n) is 6.09. The van der Waals surface area contributed by atoms with Crippen LogP contribution in [0.2, 0.25) is 0 Å². The lowest BCUT2D eigenvalue weighted by Crippen LogP contribution is -2.43. The molecule has 0 spiro atoms. The predicted molar refractivity (Wildman–Crippen MR) is 132 cm³/mol. The number of hydrogen-bond acceptors (Lipinski definition) is 7. The molecule has 0 radical (unpaired) electrons. The van der Waals surface area contributed by atoms with Crippen LogP contribution in [-0.4, -0.2) is 80.1 Å². The first-order valence-electron chi connectivity index (χ1n) is 13.1. The SMILES string of the molecule is COC(=O)c1ccc(C2C3=C(OC4CC(C)C(C)CC4C3=O)C(=O)N2CCCN2CCOCC2)cc1. The fraction of sp³-hybridized carbons (Fsp3) is 0.607. The average molecular weight is 497 g/mol. The first-order valence-corrected chi connectivity index (χ1v) is 13.1. The van der Waals surface area contributed by atoms with Crippen LogP contribution < -0.4 is 0 Å². The van der Waals surface area contributed by atoms with Gasteiger partial charge in [0.1, 0.15) is 6.10 Å². The molecule has 0 bridgehead atoms. The number of ether oxygens (including phenoxy) is 3. The minimum Gasteiger partial charge on any atom is -0.483 e. The molecule has 194 valence electrons. The van der Waals surface area contributed by atoms with Gasteiger partial charge in [-0.25, -0.2) is 4.79 Å². The first-order chi connectivity index (χ1) is 17.4. The summed E-state index contributed by atoms with van der Waals surface area (Å²) < 4.78 is 16.6. The molecule has 1 saturated carbocycles. The number of Topliss-reactive ketones (excluding diaryl/α,β-unsaturated/α-hetero) is 1. The number of hydrogen-bond donors (Lipinski definition) is 0. The maximum Gasteiger partial charge on any atom is 0.337 e. The smallest absolute Gasteiger partial charge is 0.337 e. The summed E-state index contributed by atoms with van der Waals surface area (Å²) in [5.41, 5.74) is 1.72. The molecule has 8 heteroatoms. The van der Waals surface area contributed by atoms with Crippen LogP contribution in [0.5, 0.6) is 0 Å². The highest BCUT2D eigenvalue weighted by Crippen LogP contribution is 2.48. The van der Waals surface area contributed by atoms with Gasteiger partial charge in [0.05, 0.1) is 43.4 Å². The Hall–Kier alpha value is -2.71. The van der Waals surface area contributed by atoms with Crippen molar-refractivity contribution >= 4 is 17.7 Å². The lowest BCUT2D eigenvalue weighted by atomic mass is 9.70. The van der Waals surface area contributed by atoms with E-state index in [4.69, 9.17) is 14.2 Å². The molecule has 1 aromatic rings. The monoisotopic (exact) mass is 496 g/mol. The van der Waals surface area contributed by atoms with Gasteiger partial charge in [0.15, 0.2) is 11.5 Å². The zero-order valence-electron chi connectivity index (χ0n) is 21.4. The number of carbonyl (C=O) groups is 3. The molecule has 5 unspecified atom stereocenters. The number of morpholine rings is 1. The Morgan fingerprint density at radius 2 is 1.72 bits per heavy atom. The topological polar surface area (TPSA) is 85.4 Å². The van der Waals surface area contributed by atoms with Crippen molar-refractivity contribution in [3.05, 3.63) is 46.7 Å². The molecule has 1 aliphatic carbocycles. The van der Waals surface area contributed by atoms with Crippen molar-refractivity contribution in [3.63, 3.8) is 0 Å². The summed E-state index contributed by atoms with van der Waals surface area (Å²) in [5, 5.41) is 0. The number of fused-ring (bicyclic) bond motifs is 1. The Labute approximate surface area is 212 Å². The lowest BCUT2D eigenvalue weighted by Gasteiger charge is -2.40. The molecular formula is C28H36N2O6. The number of esters is 1. The van der Waals surface area contributed by atoms with E-state index in [1.54, 1.807) is 17.0 Å². The number of methoxy groups -OCH3 is 1. The van der Waals surface area contributed by atoms with Crippen LogP contribution >= 0.6 is 0 Å². The van der Waals surface area contributed by atoms with Crippen LogP contribution in [0, 0.1) is 17.8 Å². The Bertz CT molecular complexity index is 1040. The van der Waals surface area contributed by atoms with Gasteiger partial charge in [-0.15, -0.1) is 0 Å². The van der Waals surface area contributed by atoms with Gasteiger partial charge < -0.3 is 19.1 Å². The van der Waals surface area contributed by atoms with E-state index in [9.17, 15) is 14.4 Å². The summed E-state index contributed by atoms with van der Waals surface area (Å²) in [4.78, 5) is 43.7. The number of benzene rings is 1. The summed E-state index contributed by atoms with van der Waals surface area (Å²) in [5.74, 6) is 0.323. The third-order valence-corrected chi connectivity index (χ3v) is 8.43. The van der Waals surface area contributed by atoms with E-state index in [2.05, 4.69) is 18.7 Å². The van der Waals surface area contributed by atoms with Crippen molar-refractivity contribution < 1.29 is 28.6 Å². The van der Waals surface area contributed by atoms with E-state index in [0.29, 0.717) is 29.5 Å². The van der Waals surface area contributed by atoms with Crippen LogP contribution in [-0.2, 0) is 23.8 Å². The van der Waals surface area contributed by atoms with E-state index < -0.39 is 12.0 Å². The van der Waals surface area contributed by atoms with Gasteiger partial charge in [-0.3, -0.25) is 14.5 Å². The van der Waals surface area contributed by atoms with Crippen molar-refractivity contribution in [2.75, 3.05) is 46.5 Å².